The average molecular weight is 210 g/mol. The summed E-state index contributed by atoms with van der Waals surface area (Å²) in [4.78, 5) is 1.82. The van der Waals surface area contributed by atoms with E-state index in [0.29, 0.717) is 5.41 Å². The van der Waals surface area contributed by atoms with E-state index in [1.807, 2.05) is 4.90 Å². The zero-order chi connectivity index (χ0) is 11.1. The van der Waals surface area contributed by atoms with Crippen LogP contribution in [0.15, 0.2) is 0 Å². The zero-order valence-corrected chi connectivity index (χ0v) is 11.0. The molecule has 1 saturated carbocycles. The lowest BCUT2D eigenvalue weighted by Crippen LogP contribution is -3.16. The molecule has 1 unspecified atom stereocenters. The van der Waals surface area contributed by atoms with Crippen LogP contribution in [-0.4, -0.2) is 19.6 Å². The molecule has 1 N–H and O–H groups in total. The van der Waals surface area contributed by atoms with Gasteiger partial charge in [0.2, 0.25) is 0 Å². The molecule has 0 radical (unpaired) electrons. The monoisotopic (exact) mass is 210 g/mol. The van der Waals surface area contributed by atoms with Gasteiger partial charge in [-0.1, -0.05) is 27.2 Å². The van der Waals surface area contributed by atoms with Crippen molar-refractivity contribution in [2.24, 2.45) is 17.3 Å². The molecule has 0 spiro atoms. The summed E-state index contributed by atoms with van der Waals surface area (Å²) in [5.74, 6) is 1.99. The van der Waals surface area contributed by atoms with Gasteiger partial charge in [0.1, 0.15) is 0 Å². The molecule has 1 heterocycles. The Morgan fingerprint density at radius 1 is 1.00 bits per heavy atom. The van der Waals surface area contributed by atoms with Gasteiger partial charge in [-0.3, -0.25) is 0 Å². The minimum atomic E-state index is 0.516. The summed E-state index contributed by atoms with van der Waals surface area (Å²) in [5, 5.41) is 0. The van der Waals surface area contributed by atoms with Crippen LogP contribution < -0.4 is 4.90 Å². The molecular formula is C14H28N+. The predicted octanol–water partition coefficient (Wildman–Crippen LogP) is 2.13. The molecule has 2 rings (SSSR count). The van der Waals surface area contributed by atoms with E-state index in [9.17, 15) is 0 Å². The maximum Gasteiger partial charge on any atom is 0.0934 e. The Labute approximate surface area is 95.2 Å². The van der Waals surface area contributed by atoms with Crippen LogP contribution in [0.4, 0.5) is 0 Å². The van der Waals surface area contributed by atoms with Crippen LogP contribution in [0, 0.1) is 17.3 Å². The summed E-state index contributed by atoms with van der Waals surface area (Å²) in [5.41, 5.74) is 0.516. The number of hydrogen-bond donors (Lipinski definition) is 1. The van der Waals surface area contributed by atoms with Gasteiger partial charge in [0.15, 0.2) is 0 Å². The fraction of sp³-hybridized carbons (Fsp3) is 1.00. The lowest BCUT2D eigenvalue weighted by molar-refractivity contribution is -0.922. The summed E-state index contributed by atoms with van der Waals surface area (Å²) in [6.07, 6.45) is 7.44. The first-order valence-electron chi connectivity index (χ1n) is 6.82. The van der Waals surface area contributed by atoms with Gasteiger partial charge in [0.25, 0.3) is 0 Å². The van der Waals surface area contributed by atoms with E-state index < -0.39 is 0 Å². The maximum absolute atomic E-state index is 2.45. The van der Waals surface area contributed by atoms with Crippen LogP contribution in [-0.2, 0) is 0 Å². The van der Waals surface area contributed by atoms with Crippen molar-refractivity contribution in [2.45, 2.75) is 58.9 Å². The number of fused-ring (bicyclic) bond motifs is 1. The Hall–Kier alpha value is -0.0400. The highest BCUT2D eigenvalue weighted by molar-refractivity contribution is 4.89. The predicted molar refractivity (Wildman–Crippen MR) is 65.1 cm³/mol. The van der Waals surface area contributed by atoms with Crippen LogP contribution in [0.25, 0.3) is 0 Å². The van der Waals surface area contributed by atoms with E-state index in [4.69, 9.17) is 0 Å². The van der Waals surface area contributed by atoms with Crippen molar-refractivity contribution in [2.75, 3.05) is 13.6 Å². The Bertz CT molecular complexity index is 214. The second-order valence-electron chi connectivity index (χ2n) is 6.93. The van der Waals surface area contributed by atoms with E-state index in [0.717, 1.165) is 17.9 Å². The number of hydrogen-bond acceptors (Lipinski definition) is 0. The fourth-order valence-corrected chi connectivity index (χ4v) is 4.14. The Balaban J connectivity index is 2.16. The second kappa shape index (κ2) is 4.08. The van der Waals surface area contributed by atoms with Crippen molar-refractivity contribution in [1.29, 1.82) is 0 Å². The molecule has 0 amide bonds. The SMILES string of the molecule is C[NH+]1CCC[C@H]2CCC[C@H](C(C)(C)C)[C@@H]21. The summed E-state index contributed by atoms with van der Waals surface area (Å²) < 4.78 is 0. The molecule has 0 aromatic rings. The number of nitrogens with one attached hydrogen (secondary N) is 1. The topological polar surface area (TPSA) is 4.44 Å². The van der Waals surface area contributed by atoms with Crippen molar-refractivity contribution in [3.63, 3.8) is 0 Å². The largest absolute Gasteiger partial charge is 0.334 e. The Morgan fingerprint density at radius 2 is 1.67 bits per heavy atom. The molecule has 1 aliphatic heterocycles. The van der Waals surface area contributed by atoms with Gasteiger partial charge < -0.3 is 4.90 Å². The Morgan fingerprint density at radius 3 is 2.33 bits per heavy atom. The highest BCUT2D eigenvalue weighted by atomic mass is 15.1. The number of rotatable bonds is 0. The lowest BCUT2D eigenvalue weighted by Gasteiger charge is -2.48. The third-order valence-electron chi connectivity index (χ3n) is 4.86. The number of piperidine rings is 1. The normalized spacial score (nSPS) is 42.4. The molecule has 0 aromatic carbocycles. The highest BCUT2D eigenvalue weighted by Gasteiger charge is 2.45. The van der Waals surface area contributed by atoms with Crippen molar-refractivity contribution in [3.05, 3.63) is 0 Å². The third kappa shape index (κ3) is 2.22. The van der Waals surface area contributed by atoms with Gasteiger partial charge >= 0.3 is 0 Å². The molecule has 1 aliphatic carbocycles. The van der Waals surface area contributed by atoms with Crippen molar-refractivity contribution >= 4 is 0 Å². The molecule has 1 saturated heterocycles. The molecule has 4 atom stereocenters. The van der Waals surface area contributed by atoms with E-state index in [-0.39, 0.29) is 0 Å². The molecule has 2 fully saturated rings. The van der Waals surface area contributed by atoms with E-state index in [1.165, 1.54) is 38.6 Å². The minimum Gasteiger partial charge on any atom is -0.334 e. The molecule has 88 valence electrons. The highest BCUT2D eigenvalue weighted by Crippen LogP contribution is 2.41. The first-order chi connectivity index (χ1) is 7.00. The standard InChI is InChI=1S/C14H27N/c1-14(2,3)12-9-5-7-11-8-6-10-15(4)13(11)12/h11-13H,5-10H2,1-4H3/p+1/t11-,12+,13-/m1/s1. The minimum absolute atomic E-state index is 0.516. The van der Waals surface area contributed by atoms with Gasteiger partial charge in [-0.2, -0.15) is 0 Å². The smallest absolute Gasteiger partial charge is 0.0934 e. The number of likely N-dealkylation sites (tertiary alicyclic amines) is 1. The Kier molecular flexibility index (Phi) is 3.12. The number of quaternary nitrogens is 1. The van der Waals surface area contributed by atoms with Crippen LogP contribution in [0.3, 0.4) is 0 Å². The van der Waals surface area contributed by atoms with Gasteiger partial charge in [0, 0.05) is 11.8 Å². The van der Waals surface area contributed by atoms with Crippen LogP contribution in [0.2, 0.25) is 0 Å². The summed E-state index contributed by atoms with van der Waals surface area (Å²) in [6, 6.07) is 0.965. The maximum atomic E-state index is 2.45. The van der Waals surface area contributed by atoms with Crippen molar-refractivity contribution in [1.82, 2.24) is 0 Å². The second-order valence-corrected chi connectivity index (χ2v) is 6.93. The van der Waals surface area contributed by atoms with Gasteiger partial charge in [-0.15, -0.1) is 0 Å². The molecule has 1 heteroatoms. The molecular weight excluding hydrogens is 182 g/mol. The molecule has 2 aliphatic rings. The fourth-order valence-electron chi connectivity index (χ4n) is 4.14. The molecule has 15 heavy (non-hydrogen) atoms. The van der Waals surface area contributed by atoms with Gasteiger partial charge in [-0.05, 0) is 31.1 Å². The average Bonchev–Trinajstić information content (AvgIpc) is 2.16. The van der Waals surface area contributed by atoms with Crippen LogP contribution in [0.5, 0.6) is 0 Å². The van der Waals surface area contributed by atoms with Crippen molar-refractivity contribution < 1.29 is 4.90 Å². The molecule has 0 aromatic heterocycles. The quantitative estimate of drug-likeness (QED) is 0.625. The first kappa shape index (κ1) is 11.4. The van der Waals surface area contributed by atoms with Gasteiger partial charge in [-0.25, -0.2) is 0 Å². The molecule has 1 nitrogen and oxygen atoms in total. The van der Waals surface area contributed by atoms with Crippen molar-refractivity contribution in [3.8, 4) is 0 Å². The summed E-state index contributed by atoms with van der Waals surface area (Å²) in [6.45, 7) is 8.75. The van der Waals surface area contributed by atoms with Crippen LogP contribution in [0.1, 0.15) is 52.9 Å². The van der Waals surface area contributed by atoms with E-state index >= 15 is 0 Å². The van der Waals surface area contributed by atoms with E-state index in [1.54, 1.807) is 0 Å². The van der Waals surface area contributed by atoms with Gasteiger partial charge in [0.05, 0.1) is 19.6 Å². The van der Waals surface area contributed by atoms with Crippen LogP contribution >= 0.6 is 0 Å². The summed E-state index contributed by atoms with van der Waals surface area (Å²) >= 11 is 0. The van der Waals surface area contributed by atoms with E-state index in [2.05, 4.69) is 27.8 Å². The summed E-state index contributed by atoms with van der Waals surface area (Å²) in [7, 11) is 2.43. The zero-order valence-electron chi connectivity index (χ0n) is 11.0. The third-order valence-corrected chi connectivity index (χ3v) is 4.86. The first-order valence-corrected chi connectivity index (χ1v) is 6.82. The molecule has 0 bridgehead atoms. The lowest BCUT2D eigenvalue weighted by atomic mass is 9.63.